The molecule has 0 aliphatic heterocycles. The van der Waals surface area contributed by atoms with Crippen LogP contribution < -0.4 is 9.47 Å². The average molecular weight is 823 g/mol. The van der Waals surface area contributed by atoms with Gasteiger partial charge in [-0.3, -0.25) is 19.6 Å². The lowest BCUT2D eigenvalue weighted by atomic mass is 10.2. The molecule has 0 saturated carbocycles. The molecule has 0 radical (unpaired) electrons. The quantitative estimate of drug-likeness (QED) is 0.0425. The maximum atomic E-state index is 11.1. The van der Waals surface area contributed by atoms with Gasteiger partial charge in [0.1, 0.15) is 23.1 Å². The molecule has 0 fully saturated rings. The molecule has 0 atom stereocenters. The Labute approximate surface area is 352 Å². The molecule has 0 amide bonds. The number of methoxy groups -OCH3 is 4. The Morgan fingerprint density at radius 1 is 0.533 bits per heavy atom. The monoisotopic (exact) mass is 822 g/mol. The van der Waals surface area contributed by atoms with Gasteiger partial charge in [-0.2, -0.15) is 0 Å². The second kappa shape index (κ2) is 24.9. The molecule has 4 aromatic heterocycles. The highest BCUT2D eigenvalue weighted by molar-refractivity contribution is 5.83. The largest absolute Gasteiger partial charge is 0.494 e. The molecule has 0 aliphatic carbocycles. The summed E-state index contributed by atoms with van der Waals surface area (Å²) in [5.74, 6) is 3.14. The van der Waals surface area contributed by atoms with Crippen molar-refractivity contribution < 1.29 is 38.0 Å². The summed E-state index contributed by atoms with van der Waals surface area (Å²) in [6, 6.07) is 19.9. The van der Waals surface area contributed by atoms with E-state index in [-0.39, 0.29) is 11.9 Å². The molecule has 0 spiro atoms. The molecule has 6 aromatic rings. The van der Waals surface area contributed by atoms with Crippen LogP contribution in [0.2, 0.25) is 0 Å². The number of esters is 2. The predicted molar refractivity (Wildman–Crippen MR) is 231 cm³/mol. The molecule has 0 unspecified atom stereocenters. The number of ether oxygens (including phenoxy) is 6. The zero-order chi connectivity index (χ0) is 42.4. The number of imidazole rings is 2. The van der Waals surface area contributed by atoms with E-state index in [2.05, 4.69) is 28.6 Å². The first-order valence-electron chi connectivity index (χ1n) is 20.6. The second-order valence-electron chi connectivity index (χ2n) is 14.1. The first-order chi connectivity index (χ1) is 29.4. The number of carbonyl (C=O) groups excluding carboxylic acids is 2. The molecule has 0 N–H and O–H groups in total. The van der Waals surface area contributed by atoms with E-state index < -0.39 is 0 Å². The van der Waals surface area contributed by atoms with Gasteiger partial charge < -0.3 is 37.6 Å². The van der Waals surface area contributed by atoms with Crippen molar-refractivity contribution in [2.45, 2.75) is 77.3 Å². The maximum absolute atomic E-state index is 11.1. The number of aryl methyl sites for hydroxylation is 2. The van der Waals surface area contributed by atoms with E-state index in [1.807, 2.05) is 66.9 Å². The zero-order valence-electron chi connectivity index (χ0n) is 35.3. The van der Waals surface area contributed by atoms with Gasteiger partial charge in [0, 0.05) is 101 Å². The minimum absolute atomic E-state index is 0.159. The maximum Gasteiger partial charge on any atom is 0.305 e. The number of unbranched alkanes of at least 4 members (excludes halogenated alkanes) is 4. The Kier molecular flexibility index (Phi) is 18.8. The van der Waals surface area contributed by atoms with Gasteiger partial charge in [-0.15, -0.1) is 0 Å². The molecule has 6 rings (SSSR count). The summed E-state index contributed by atoms with van der Waals surface area (Å²) in [5.41, 5.74) is 5.96. The zero-order valence-corrected chi connectivity index (χ0v) is 35.3. The molecule has 320 valence electrons. The number of aromatic nitrogens is 6. The Morgan fingerprint density at radius 2 is 1.05 bits per heavy atom. The number of hydrogen-bond donors (Lipinski definition) is 0. The van der Waals surface area contributed by atoms with Crippen LogP contribution in [-0.4, -0.2) is 95.9 Å². The minimum Gasteiger partial charge on any atom is -0.494 e. The fourth-order valence-electron chi connectivity index (χ4n) is 6.69. The first kappa shape index (κ1) is 45.2. The van der Waals surface area contributed by atoms with Gasteiger partial charge in [-0.05, 0) is 99.9 Å². The third-order valence-corrected chi connectivity index (χ3v) is 9.80. The number of nitrogens with zero attached hydrogens (tertiary/aromatic N) is 6. The van der Waals surface area contributed by atoms with Gasteiger partial charge in [0.15, 0.2) is 0 Å². The van der Waals surface area contributed by atoms with Crippen LogP contribution in [0.4, 0.5) is 0 Å². The molecular weight excluding hydrogens is 765 g/mol. The van der Waals surface area contributed by atoms with E-state index in [0.29, 0.717) is 39.3 Å². The standard InChI is InChI=1S/2C23H29N3O4/c1-28-14-7-13-26-21-16-19(30-15-5-3-4-9-22(27)29-2)10-11-20(21)25-23(26)18-8-6-12-24-17-18;1-28-15-6-14-26-21-17-19(30-16-5-3-4-7-22(27)29-2)8-9-20(21)25-23(26)18-10-12-24-13-11-18/h6,8,10-12,16-17H,3-5,7,9,13-15H2,1-2H3;8-13,17H,3-7,14-16H2,1-2H3. The number of rotatable bonds is 24. The fraction of sp³-hybridized carbons (Fsp3) is 0.435. The Hall–Kier alpha value is -5.86. The Morgan fingerprint density at radius 3 is 1.52 bits per heavy atom. The molecule has 14 nitrogen and oxygen atoms in total. The highest BCUT2D eigenvalue weighted by Gasteiger charge is 2.15. The van der Waals surface area contributed by atoms with Crippen molar-refractivity contribution in [3.63, 3.8) is 0 Å². The SMILES string of the molecule is COCCCn1c(-c2cccnc2)nc2ccc(OCCCCCC(=O)OC)cc21.COCCCn1c(-c2ccncc2)nc2ccc(OCCCCCC(=O)OC)cc21. The summed E-state index contributed by atoms with van der Waals surface area (Å²) in [6.07, 6.45) is 15.1. The second-order valence-corrected chi connectivity index (χ2v) is 14.1. The van der Waals surface area contributed by atoms with Gasteiger partial charge in [-0.25, -0.2) is 9.97 Å². The molecule has 0 aliphatic rings. The van der Waals surface area contributed by atoms with Crippen molar-refractivity contribution in [3.05, 3.63) is 85.5 Å². The topological polar surface area (TPSA) is 151 Å². The van der Waals surface area contributed by atoms with E-state index in [9.17, 15) is 9.59 Å². The number of hydrogen-bond acceptors (Lipinski definition) is 12. The van der Waals surface area contributed by atoms with Crippen LogP contribution in [0.15, 0.2) is 85.5 Å². The normalized spacial score (nSPS) is 11.0. The summed E-state index contributed by atoms with van der Waals surface area (Å²) in [7, 11) is 6.26. The van der Waals surface area contributed by atoms with E-state index in [4.69, 9.17) is 28.9 Å². The van der Waals surface area contributed by atoms with Gasteiger partial charge >= 0.3 is 11.9 Å². The van der Waals surface area contributed by atoms with Crippen LogP contribution in [0.1, 0.15) is 64.2 Å². The summed E-state index contributed by atoms with van der Waals surface area (Å²) < 4.78 is 36.1. The smallest absolute Gasteiger partial charge is 0.305 e. The van der Waals surface area contributed by atoms with E-state index in [0.717, 1.165) is 121 Å². The van der Waals surface area contributed by atoms with Gasteiger partial charge in [0.25, 0.3) is 0 Å². The first-order valence-corrected chi connectivity index (χ1v) is 20.6. The number of pyridine rings is 2. The van der Waals surface area contributed by atoms with Crippen LogP contribution in [0, 0.1) is 0 Å². The van der Waals surface area contributed by atoms with Gasteiger partial charge in [-0.1, -0.05) is 0 Å². The highest BCUT2D eigenvalue weighted by atomic mass is 16.5. The molecule has 0 bridgehead atoms. The van der Waals surface area contributed by atoms with Crippen LogP contribution in [-0.2, 0) is 41.6 Å². The fourth-order valence-corrected chi connectivity index (χ4v) is 6.69. The van der Waals surface area contributed by atoms with Crippen molar-refractivity contribution in [2.24, 2.45) is 0 Å². The van der Waals surface area contributed by atoms with Crippen molar-refractivity contribution in [3.8, 4) is 34.3 Å². The predicted octanol–water partition coefficient (Wildman–Crippen LogP) is 8.49. The minimum atomic E-state index is -0.160. The summed E-state index contributed by atoms with van der Waals surface area (Å²) in [4.78, 5) is 40.3. The average Bonchev–Trinajstić information content (AvgIpc) is 3.84. The Bertz CT molecular complexity index is 2040. The van der Waals surface area contributed by atoms with E-state index >= 15 is 0 Å². The summed E-state index contributed by atoms with van der Waals surface area (Å²) in [5, 5.41) is 0. The molecular formula is C46H58N6O8. The molecule has 0 saturated heterocycles. The highest BCUT2D eigenvalue weighted by Crippen LogP contribution is 2.29. The number of fused-ring (bicyclic) bond motifs is 2. The van der Waals surface area contributed by atoms with Crippen molar-refractivity contribution in [1.82, 2.24) is 29.1 Å². The Balaban J connectivity index is 0.000000228. The lowest BCUT2D eigenvalue weighted by Gasteiger charge is -2.10. The van der Waals surface area contributed by atoms with Crippen LogP contribution in [0.5, 0.6) is 11.5 Å². The van der Waals surface area contributed by atoms with E-state index in [1.165, 1.54) is 14.2 Å². The van der Waals surface area contributed by atoms with Gasteiger partial charge in [0.05, 0.1) is 49.5 Å². The lowest BCUT2D eigenvalue weighted by molar-refractivity contribution is -0.141. The lowest BCUT2D eigenvalue weighted by Crippen LogP contribution is -2.04. The van der Waals surface area contributed by atoms with Crippen LogP contribution in [0.3, 0.4) is 0 Å². The molecule has 4 heterocycles. The summed E-state index contributed by atoms with van der Waals surface area (Å²) in [6.45, 7) is 4.21. The molecule has 60 heavy (non-hydrogen) atoms. The third kappa shape index (κ3) is 13.6. The molecule has 14 heteroatoms. The van der Waals surface area contributed by atoms with Crippen molar-refractivity contribution in [1.29, 1.82) is 0 Å². The van der Waals surface area contributed by atoms with Crippen molar-refractivity contribution in [2.75, 3.05) is 54.9 Å². The number of benzene rings is 2. The summed E-state index contributed by atoms with van der Waals surface area (Å²) >= 11 is 0. The van der Waals surface area contributed by atoms with Crippen molar-refractivity contribution >= 4 is 34.0 Å². The molecule has 2 aromatic carbocycles. The number of carbonyl (C=O) groups is 2. The van der Waals surface area contributed by atoms with E-state index in [1.54, 1.807) is 32.8 Å². The van der Waals surface area contributed by atoms with Crippen LogP contribution in [0.25, 0.3) is 44.8 Å². The third-order valence-electron chi connectivity index (χ3n) is 9.80. The van der Waals surface area contributed by atoms with Gasteiger partial charge in [0.2, 0.25) is 0 Å². The van der Waals surface area contributed by atoms with Crippen LogP contribution >= 0.6 is 0 Å².